The molecule has 0 aliphatic heterocycles. The van der Waals surface area contributed by atoms with Crippen LogP contribution < -0.4 is 0 Å². The van der Waals surface area contributed by atoms with E-state index in [4.69, 9.17) is 9.78 Å². The maximum atomic E-state index is 5.09. The summed E-state index contributed by atoms with van der Waals surface area (Å²) < 4.78 is 0. The summed E-state index contributed by atoms with van der Waals surface area (Å²) in [5, 5.41) is 0. The van der Waals surface area contributed by atoms with Gasteiger partial charge in [0.1, 0.15) is 0 Å². The van der Waals surface area contributed by atoms with Crippen molar-refractivity contribution in [2.45, 2.75) is 117 Å². The maximum absolute atomic E-state index is 5.09. The number of hydrogen-bond acceptors (Lipinski definition) is 2. The molecule has 0 saturated heterocycles. The minimum atomic E-state index is -0.215. The molecule has 0 N–H and O–H groups in total. The van der Waals surface area contributed by atoms with E-state index in [1.807, 2.05) is 47.6 Å². The van der Waals surface area contributed by atoms with E-state index in [-0.39, 0.29) is 11.2 Å². The molecule has 0 aliphatic rings. The topological polar surface area (TPSA) is 18.5 Å². The lowest BCUT2D eigenvalue weighted by Gasteiger charge is -2.24. The Morgan fingerprint density at radius 2 is 1.05 bits per heavy atom. The van der Waals surface area contributed by atoms with Crippen LogP contribution in [0, 0.1) is 0 Å². The molecular weight excluding hydrogens is 272 g/mol. The summed E-state index contributed by atoms with van der Waals surface area (Å²) >= 11 is 0. The summed E-state index contributed by atoms with van der Waals surface area (Å²) in [6.07, 6.45) is 14.5. The Balaban J connectivity index is 0. The van der Waals surface area contributed by atoms with Gasteiger partial charge < -0.3 is 0 Å². The fraction of sp³-hybridized carbons (Fsp3) is 0.900. The first kappa shape index (κ1) is 23.9. The molecule has 0 aromatic rings. The van der Waals surface area contributed by atoms with Gasteiger partial charge in [-0.25, -0.2) is 9.78 Å². The second-order valence-electron chi connectivity index (χ2n) is 7.94. The van der Waals surface area contributed by atoms with E-state index < -0.39 is 0 Å². The van der Waals surface area contributed by atoms with Crippen molar-refractivity contribution in [1.29, 1.82) is 0 Å². The van der Waals surface area contributed by atoms with Gasteiger partial charge in [-0.2, -0.15) is 0 Å². The Hall–Kier alpha value is -0.340. The van der Waals surface area contributed by atoms with Crippen LogP contribution in [0.5, 0.6) is 0 Å². The lowest BCUT2D eigenvalue weighted by atomic mass is 10.1. The Kier molecular flexibility index (Phi) is 15.5. The second kappa shape index (κ2) is 14.3. The zero-order chi connectivity index (χ0) is 17.5. The molecule has 2 nitrogen and oxygen atoms in total. The van der Waals surface area contributed by atoms with Gasteiger partial charge in [-0.15, -0.1) is 6.58 Å². The molecule has 0 aliphatic carbocycles. The minimum Gasteiger partial charge on any atom is -0.230 e. The molecule has 0 amide bonds. The average Bonchev–Trinajstić information content (AvgIpc) is 2.39. The third-order valence-corrected chi connectivity index (χ3v) is 2.80. The van der Waals surface area contributed by atoms with Crippen LogP contribution in [0.1, 0.15) is 106 Å². The van der Waals surface area contributed by atoms with E-state index in [1.165, 1.54) is 57.8 Å². The smallest absolute Gasteiger partial charge is 0.0952 e. The van der Waals surface area contributed by atoms with Crippen molar-refractivity contribution in [1.82, 2.24) is 0 Å². The van der Waals surface area contributed by atoms with Crippen molar-refractivity contribution in [3.63, 3.8) is 0 Å². The Morgan fingerprint density at radius 1 is 0.682 bits per heavy atom. The van der Waals surface area contributed by atoms with Gasteiger partial charge in [0.2, 0.25) is 0 Å². The molecule has 0 atom stereocenters. The van der Waals surface area contributed by atoms with Crippen LogP contribution in [0.25, 0.3) is 0 Å². The summed E-state index contributed by atoms with van der Waals surface area (Å²) in [6, 6.07) is 0. The SMILES string of the molecule is C=CCCCCCCCCCC.CC(C)(C)OOC(C)(C)C. The summed E-state index contributed by atoms with van der Waals surface area (Å²) in [5.74, 6) is 0. The molecule has 22 heavy (non-hydrogen) atoms. The van der Waals surface area contributed by atoms with Gasteiger partial charge >= 0.3 is 0 Å². The quantitative estimate of drug-likeness (QED) is 0.183. The third kappa shape index (κ3) is 27.9. The van der Waals surface area contributed by atoms with E-state index in [0.29, 0.717) is 0 Å². The van der Waals surface area contributed by atoms with Gasteiger partial charge in [-0.1, -0.05) is 57.9 Å². The van der Waals surface area contributed by atoms with E-state index >= 15 is 0 Å². The predicted octanol–water partition coefficient (Wildman–Crippen LogP) is 7.23. The third-order valence-electron chi connectivity index (χ3n) is 2.80. The summed E-state index contributed by atoms with van der Waals surface area (Å²) in [4.78, 5) is 10.2. The van der Waals surface area contributed by atoms with E-state index in [2.05, 4.69) is 13.5 Å². The van der Waals surface area contributed by atoms with E-state index in [0.717, 1.165) is 0 Å². The van der Waals surface area contributed by atoms with Crippen molar-refractivity contribution in [2.75, 3.05) is 0 Å². The first-order valence-electron chi connectivity index (χ1n) is 9.10. The van der Waals surface area contributed by atoms with Crippen LogP contribution in [-0.4, -0.2) is 11.2 Å². The van der Waals surface area contributed by atoms with Crippen LogP contribution in [0.4, 0.5) is 0 Å². The van der Waals surface area contributed by atoms with Gasteiger partial charge in [0, 0.05) is 0 Å². The molecule has 0 fully saturated rings. The molecular formula is C20H42O2. The molecule has 0 rings (SSSR count). The van der Waals surface area contributed by atoms with Crippen LogP contribution in [0.2, 0.25) is 0 Å². The van der Waals surface area contributed by atoms with Gasteiger partial charge in [-0.3, -0.25) is 0 Å². The number of hydrogen-bond donors (Lipinski definition) is 0. The van der Waals surface area contributed by atoms with Crippen LogP contribution in [0.15, 0.2) is 12.7 Å². The van der Waals surface area contributed by atoms with Gasteiger partial charge in [0.15, 0.2) is 0 Å². The molecule has 0 heterocycles. The first-order valence-corrected chi connectivity index (χ1v) is 9.10. The van der Waals surface area contributed by atoms with Crippen LogP contribution >= 0.6 is 0 Å². The monoisotopic (exact) mass is 314 g/mol. The fourth-order valence-corrected chi connectivity index (χ4v) is 1.67. The zero-order valence-electron chi connectivity index (χ0n) is 16.5. The highest BCUT2D eigenvalue weighted by molar-refractivity contribution is 4.65. The molecule has 0 aromatic heterocycles. The molecule has 0 aromatic carbocycles. The number of unbranched alkanes of at least 4 members (excludes halogenated alkanes) is 8. The van der Waals surface area contributed by atoms with E-state index in [9.17, 15) is 0 Å². The molecule has 134 valence electrons. The molecule has 0 saturated carbocycles. The average molecular weight is 315 g/mol. The van der Waals surface area contributed by atoms with Crippen molar-refractivity contribution in [3.05, 3.63) is 12.7 Å². The Bertz CT molecular complexity index is 219. The highest BCUT2D eigenvalue weighted by atomic mass is 17.2. The largest absolute Gasteiger partial charge is 0.230 e. The Labute approximate surface area is 140 Å². The second-order valence-corrected chi connectivity index (χ2v) is 7.94. The molecule has 0 bridgehead atoms. The van der Waals surface area contributed by atoms with Gasteiger partial charge in [0.05, 0.1) is 11.2 Å². The van der Waals surface area contributed by atoms with Crippen molar-refractivity contribution >= 4 is 0 Å². The highest BCUT2D eigenvalue weighted by Crippen LogP contribution is 2.14. The highest BCUT2D eigenvalue weighted by Gasteiger charge is 2.18. The van der Waals surface area contributed by atoms with Crippen molar-refractivity contribution in [3.8, 4) is 0 Å². The normalized spacial score (nSPS) is 11.8. The zero-order valence-corrected chi connectivity index (χ0v) is 16.5. The minimum absolute atomic E-state index is 0.215. The first-order chi connectivity index (χ1) is 10.1. The lowest BCUT2D eigenvalue weighted by molar-refractivity contribution is -0.393. The van der Waals surface area contributed by atoms with Gasteiger partial charge in [0.25, 0.3) is 0 Å². The standard InChI is InChI=1S/C12H24.C8H18O2/c1-3-5-7-9-11-12-10-8-6-4-2;1-7(2,3)9-10-8(4,5)6/h3H,1,4-12H2,2H3;1-6H3. The molecule has 0 spiro atoms. The summed E-state index contributed by atoms with van der Waals surface area (Å²) in [5.41, 5.74) is -0.430. The van der Waals surface area contributed by atoms with Crippen LogP contribution in [-0.2, 0) is 9.78 Å². The maximum Gasteiger partial charge on any atom is 0.0952 e. The Morgan fingerprint density at radius 3 is 1.36 bits per heavy atom. The molecule has 0 radical (unpaired) electrons. The number of allylic oxidation sites excluding steroid dienone is 1. The number of rotatable bonds is 10. The molecule has 0 unspecified atom stereocenters. The fourth-order valence-electron chi connectivity index (χ4n) is 1.67. The van der Waals surface area contributed by atoms with Gasteiger partial charge in [-0.05, 0) is 54.4 Å². The van der Waals surface area contributed by atoms with Crippen LogP contribution in [0.3, 0.4) is 0 Å². The predicted molar refractivity (Wildman–Crippen MR) is 99.1 cm³/mol. The van der Waals surface area contributed by atoms with Crippen molar-refractivity contribution in [2.24, 2.45) is 0 Å². The van der Waals surface area contributed by atoms with E-state index in [1.54, 1.807) is 0 Å². The summed E-state index contributed by atoms with van der Waals surface area (Å²) in [6.45, 7) is 17.7. The lowest BCUT2D eigenvalue weighted by Crippen LogP contribution is -2.27. The summed E-state index contributed by atoms with van der Waals surface area (Å²) in [7, 11) is 0. The molecule has 2 heteroatoms. The van der Waals surface area contributed by atoms with Crippen molar-refractivity contribution < 1.29 is 9.78 Å².